The first kappa shape index (κ1) is 21.5. The zero-order valence-corrected chi connectivity index (χ0v) is 17.5. The maximum absolute atomic E-state index is 14.6. The average molecular weight is 434 g/mol. The van der Waals surface area contributed by atoms with Gasteiger partial charge >= 0.3 is 0 Å². The zero-order valence-electron chi connectivity index (χ0n) is 17.5. The highest BCUT2D eigenvalue weighted by Gasteiger charge is 2.32. The van der Waals surface area contributed by atoms with Crippen LogP contribution in [-0.2, 0) is 17.8 Å². The van der Waals surface area contributed by atoms with Gasteiger partial charge in [0.25, 0.3) is 6.43 Å². The van der Waals surface area contributed by atoms with Gasteiger partial charge in [-0.1, -0.05) is 18.2 Å². The maximum atomic E-state index is 14.6. The number of nitrogens with zero attached hydrogens (tertiary/aromatic N) is 4. The number of hydrazine groups is 1. The van der Waals surface area contributed by atoms with Gasteiger partial charge < -0.3 is 10.6 Å². The molecule has 0 spiro atoms. The van der Waals surface area contributed by atoms with Crippen LogP contribution in [-0.4, -0.2) is 52.1 Å². The highest BCUT2D eigenvalue weighted by atomic mass is 19.3. The molecule has 0 bridgehead atoms. The Labute approximate surface area is 178 Å². The molecule has 2 aromatic rings. The molecule has 2 aliphatic rings. The Hall–Kier alpha value is -2.72. The van der Waals surface area contributed by atoms with Gasteiger partial charge in [0.1, 0.15) is 17.5 Å². The topological polar surface area (TPSA) is 73.4 Å². The Morgan fingerprint density at radius 3 is 2.58 bits per heavy atom. The monoisotopic (exact) mass is 434 g/mol. The van der Waals surface area contributed by atoms with Crippen LogP contribution in [0.5, 0.6) is 0 Å². The van der Waals surface area contributed by atoms with E-state index in [0.717, 1.165) is 37.8 Å². The zero-order chi connectivity index (χ0) is 22.1. The summed E-state index contributed by atoms with van der Waals surface area (Å²) in [7, 11) is 0. The van der Waals surface area contributed by atoms with E-state index in [1.54, 1.807) is 18.9 Å². The van der Waals surface area contributed by atoms with Crippen molar-refractivity contribution in [3.05, 3.63) is 52.2 Å². The van der Waals surface area contributed by atoms with Crippen molar-refractivity contribution in [3.8, 4) is 0 Å². The van der Waals surface area contributed by atoms with Crippen molar-refractivity contribution < 1.29 is 18.0 Å². The molecule has 3 heterocycles. The first-order valence-corrected chi connectivity index (χ1v) is 10.3. The van der Waals surface area contributed by atoms with Crippen LogP contribution in [0.1, 0.15) is 47.6 Å². The van der Waals surface area contributed by atoms with Crippen LogP contribution in [0.15, 0.2) is 18.2 Å². The summed E-state index contributed by atoms with van der Waals surface area (Å²) >= 11 is 0. The highest BCUT2D eigenvalue weighted by molar-refractivity contribution is 5.80. The molecule has 0 saturated carbocycles. The molecule has 2 N–H and O–H groups in total. The van der Waals surface area contributed by atoms with E-state index in [1.807, 2.05) is 5.01 Å². The number of halogens is 3. The molecular weight excluding hydrogens is 409 g/mol. The van der Waals surface area contributed by atoms with Crippen LogP contribution >= 0.6 is 0 Å². The van der Waals surface area contributed by atoms with Crippen LogP contribution in [0.4, 0.5) is 19.0 Å². The van der Waals surface area contributed by atoms with Gasteiger partial charge in [0.2, 0.25) is 5.91 Å². The number of carbonyl (C=O) groups excluding carboxylic acids is 1. The third kappa shape index (κ3) is 4.35. The Balaban J connectivity index is 1.63. The van der Waals surface area contributed by atoms with Gasteiger partial charge in [0.15, 0.2) is 0 Å². The third-order valence-corrected chi connectivity index (χ3v) is 5.67. The first-order chi connectivity index (χ1) is 14.8. The summed E-state index contributed by atoms with van der Waals surface area (Å²) in [6.45, 7) is 6.76. The molecule has 1 atom stereocenters. The SMILES string of the molecule is Cc1nc2c(c(N[C@H](C)c3cccc(C(F)F)c3F)n1)CN(N1CCNCC1)C(=O)C2. The molecule has 1 aromatic heterocycles. The number of amides is 1. The molecule has 166 valence electrons. The Morgan fingerprint density at radius 2 is 1.87 bits per heavy atom. The van der Waals surface area contributed by atoms with E-state index in [2.05, 4.69) is 20.6 Å². The van der Waals surface area contributed by atoms with E-state index >= 15 is 0 Å². The Bertz CT molecular complexity index is 980. The predicted octanol–water partition coefficient (Wildman–Crippen LogP) is 2.74. The maximum Gasteiger partial charge on any atom is 0.266 e. The Morgan fingerprint density at radius 1 is 1.16 bits per heavy atom. The van der Waals surface area contributed by atoms with Crippen molar-refractivity contribution in [1.29, 1.82) is 0 Å². The number of piperazine rings is 1. The van der Waals surface area contributed by atoms with Gasteiger partial charge in [-0.05, 0) is 13.8 Å². The number of nitrogens with one attached hydrogen (secondary N) is 2. The van der Waals surface area contributed by atoms with Crippen molar-refractivity contribution in [2.75, 3.05) is 31.5 Å². The molecule has 1 saturated heterocycles. The standard InChI is InChI=1S/C21H25F3N6O/c1-12(14-4-3-5-15(19(14)22)20(23)24)26-21-16-11-30(29-8-6-25-7-9-29)18(31)10-17(16)27-13(2)28-21/h3-5,12,20,25H,6-11H2,1-2H3,(H,26,27,28)/t12-/m1/s1. The molecule has 7 nitrogen and oxygen atoms in total. The van der Waals surface area contributed by atoms with E-state index in [4.69, 9.17) is 0 Å². The van der Waals surface area contributed by atoms with Crippen molar-refractivity contribution in [3.63, 3.8) is 0 Å². The summed E-state index contributed by atoms with van der Waals surface area (Å²) in [5.74, 6) is 0.0279. The van der Waals surface area contributed by atoms with Crippen LogP contribution < -0.4 is 10.6 Å². The van der Waals surface area contributed by atoms with Crippen molar-refractivity contribution in [1.82, 2.24) is 25.3 Å². The van der Waals surface area contributed by atoms with E-state index in [-0.39, 0.29) is 17.9 Å². The molecule has 4 rings (SSSR count). The van der Waals surface area contributed by atoms with Gasteiger partial charge in [0, 0.05) is 37.3 Å². The molecule has 1 fully saturated rings. The van der Waals surface area contributed by atoms with Gasteiger partial charge in [-0.2, -0.15) is 0 Å². The fourth-order valence-electron chi connectivity index (χ4n) is 4.06. The number of hydrogen-bond acceptors (Lipinski definition) is 6. The second-order valence-electron chi connectivity index (χ2n) is 7.79. The Kier molecular flexibility index (Phi) is 6.10. The molecule has 1 amide bonds. The number of hydrogen-bond donors (Lipinski definition) is 2. The highest BCUT2D eigenvalue weighted by Crippen LogP contribution is 2.31. The number of anilines is 1. The van der Waals surface area contributed by atoms with E-state index in [1.165, 1.54) is 12.1 Å². The van der Waals surface area contributed by atoms with Crippen molar-refractivity contribution in [2.24, 2.45) is 0 Å². The van der Waals surface area contributed by atoms with Crippen LogP contribution in [0.3, 0.4) is 0 Å². The predicted molar refractivity (Wildman–Crippen MR) is 109 cm³/mol. The summed E-state index contributed by atoms with van der Waals surface area (Å²) < 4.78 is 40.8. The largest absolute Gasteiger partial charge is 0.363 e. The summed E-state index contributed by atoms with van der Waals surface area (Å²) in [4.78, 5) is 21.6. The van der Waals surface area contributed by atoms with Gasteiger partial charge in [-0.25, -0.2) is 28.1 Å². The number of benzene rings is 1. The second-order valence-corrected chi connectivity index (χ2v) is 7.79. The van der Waals surface area contributed by atoms with Crippen LogP contribution in [0.2, 0.25) is 0 Å². The lowest BCUT2D eigenvalue weighted by Gasteiger charge is -2.40. The first-order valence-electron chi connectivity index (χ1n) is 10.3. The van der Waals surface area contributed by atoms with Crippen molar-refractivity contribution >= 4 is 11.7 Å². The quantitative estimate of drug-likeness (QED) is 0.754. The van der Waals surface area contributed by atoms with Crippen LogP contribution in [0, 0.1) is 12.7 Å². The van der Waals surface area contributed by atoms with E-state index < -0.39 is 23.8 Å². The van der Waals surface area contributed by atoms with E-state index in [9.17, 15) is 18.0 Å². The summed E-state index contributed by atoms with van der Waals surface area (Å²) in [5.41, 5.74) is 0.914. The fourth-order valence-corrected chi connectivity index (χ4v) is 4.06. The molecule has 0 radical (unpaired) electrons. The summed E-state index contributed by atoms with van der Waals surface area (Å²) in [5, 5.41) is 10.2. The van der Waals surface area contributed by atoms with E-state index in [0.29, 0.717) is 23.9 Å². The lowest BCUT2D eigenvalue weighted by Crippen LogP contribution is -2.55. The molecule has 31 heavy (non-hydrogen) atoms. The molecule has 2 aliphatic heterocycles. The van der Waals surface area contributed by atoms with Gasteiger partial charge in [-0.15, -0.1) is 0 Å². The summed E-state index contributed by atoms with van der Waals surface area (Å²) in [6.07, 6.45) is -2.74. The number of aromatic nitrogens is 2. The lowest BCUT2D eigenvalue weighted by atomic mass is 10.0. The second kappa shape index (κ2) is 8.80. The minimum absolute atomic E-state index is 0.0258. The lowest BCUT2D eigenvalue weighted by molar-refractivity contribution is -0.152. The molecule has 0 unspecified atom stereocenters. The van der Waals surface area contributed by atoms with Crippen molar-refractivity contribution in [2.45, 2.75) is 39.3 Å². The number of carbonyl (C=O) groups is 1. The number of rotatable bonds is 5. The third-order valence-electron chi connectivity index (χ3n) is 5.67. The molecule has 0 aliphatic carbocycles. The van der Waals surface area contributed by atoms with Crippen LogP contribution in [0.25, 0.3) is 0 Å². The van der Waals surface area contributed by atoms with Gasteiger partial charge in [-0.3, -0.25) is 9.80 Å². The van der Waals surface area contributed by atoms with Gasteiger partial charge in [0.05, 0.1) is 30.3 Å². The molecular formula is C21H25F3N6O. The summed E-state index contributed by atoms with van der Waals surface area (Å²) in [6, 6.07) is 3.38. The molecule has 1 aromatic carbocycles. The number of aryl methyl sites for hydroxylation is 1. The minimum Gasteiger partial charge on any atom is -0.363 e. The average Bonchev–Trinajstić information content (AvgIpc) is 2.73. The smallest absolute Gasteiger partial charge is 0.266 e. The fraction of sp³-hybridized carbons (Fsp3) is 0.476. The number of fused-ring (bicyclic) bond motifs is 1. The molecule has 10 heteroatoms. The number of alkyl halides is 2. The normalized spacial score (nSPS) is 18.3. The minimum atomic E-state index is -2.89.